The molecule has 122 valence electrons. The van der Waals surface area contributed by atoms with Gasteiger partial charge in [0, 0.05) is 25.2 Å². The molecule has 2 fully saturated rings. The van der Waals surface area contributed by atoms with Gasteiger partial charge in [-0.2, -0.15) is 4.31 Å². The quantitative estimate of drug-likeness (QED) is 0.855. The van der Waals surface area contributed by atoms with Gasteiger partial charge >= 0.3 is 0 Å². The van der Waals surface area contributed by atoms with Crippen LogP contribution in [0, 0.1) is 5.82 Å². The van der Waals surface area contributed by atoms with Crippen LogP contribution in [0.3, 0.4) is 0 Å². The molecule has 2 aliphatic rings. The van der Waals surface area contributed by atoms with Crippen LogP contribution in [-0.4, -0.2) is 40.8 Å². The molecule has 1 aromatic carbocycles. The maximum absolute atomic E-state index is 13.3. The maximum atomic E-state index is 13.3. The van der Waals surface area contributed by atoms with E-state index >= 15 is 0 Å². The highest BCUT2D eigenvalue weighted by Crippen LogP contribution is 2.39. The molecule has 2 aromatic rings. The van der Waals surface area contributed by atoms with Gasteiger partial charge in [0.1, 0.15) is 5.82 Å². The van der Waals surface area contributed by atoms with Gasteiger partial charge in [-0.15, -0.1) is 5.10 Å². The number of aromatic nitrogens is 3. The molecule has 1 saturated carbocycles. The van der Waals surface area contributed by atoms with E-state index in [2.05, 4.69) is 10.3 Å². The van der Waals surface area contributed by atoms with Gasteiger partial charge in [0.2, 0.25) is 10.0 Å². The third-order valence-electron chi connectivity index (χ3n) is 4.46. The number of rotatable bonds is 4. The first-order chi connectivity index (χ1) is 11.0. The summed E-state index contributed by atoms with van der Waals surface area (Å²) < 4.78 is 41.7. The summed E-state index contributed by atoms with van der Waals surface area (Å²) in [5.74, 6) is -0.0237. The fourth-order valence-electron chi connectivity index (χ4n) is 2.96. The normalized spacial score (nSPS) is 22.6. The maximum Gasteiger partial charge on any atom is 0.243 e. The minimum Gasteiger partial charge on any atom is -0.248 e. The Balaban J connectivity index is 1.52. The Morgan fingerprint density at radius 3 is 2.78 bits per heavy atom. The first-order valence-electron chi connectivity index (χ1n) is 7.71. The average Bonchev–Trinajstić information content (AvgIpc) is 3.06. The lowest BCUT2D eigenvalue weighted by Gasteiger charge is -2.16. The second-order valence-corrected chi connectivity index (χ2v) is 8.10. The third kappa shape index (κ3) is 2.76. The fraction of sp³-hybridized carbons (Fsp3) is 0.467. The summed E-state index contributed by atoms with van der Waals surface area (Å²) in [7, 11) is -3.67. The van der Waals surface area contributed by atoms with Crippen molar-refractivity contribution in [3.63, 3.8) is 0 Å². The number of hydrogen-bond acceptors (Lipinski definition) is 4. The Kier molecular flexibility index (Phi) is 3.46. The summed E-state index contributed by atoms with van der Waals surface area (Å²) in [6, 6.07) is 5.11. The van der Waals surface area contributed by atoms with Gasteiger partial charge < -0.3 is 0 Å². The highest BCUT2D eigenvalue weighted by atomic mass is 32.2. The zero-order chi connectivity index (χ0) is 16.0. The van der Waals surface area contributed by atoms with Gasteiger partial charge in [-0.3, -0.25) is 0 Å². The number of benzene rings is 1. The molecule has 1 unspecified atom stereocenters. The molecule has 8 heteroatoms. The molecule has 0 bridgehead atoms. The molecule has 0 radical (unpaired) electrons. The van der Waals surface area contributed by atoms with Crippen LogP contribution in [0.4, 0.5) is 4.39 Å². The van der Waals surface area contributed by atoms with E-state index in [4.69, 9.17) is 0 Å². The topological polar surface area (TPSA) is 68.1 Å². The lowest BCUT2D eigenvalue weighted by Crippen LogP contribution is -2.29. The molecule has 2 heterocycles. The van der Waals surface area contributed by atoms with Crippen molar-refractivity contribution in [3.8, 4) is 0 Å². The van der Waals surface area contributed by atoms with E-state index in [9.17, 15) is 12.8 Å². The predicted molar refractivity (Wildman–Crippen MR) is 80.8 cm³/mol. The summed E-state index contributed by atoms with van der Waals surface area (Å²) in [5, 5.41) is 8.32. The minimum absolute atomic E-state index is 0.00425. The Morgan fingerprint density at radius 1 is 1.22 bits per heavy atom. The summed E-state index contributed by atoms with van der Waals surface area (Å²) in [4.78, 5) is -0.00425. The average molecular weight is 336 g/mol. The second-order valence-electron chi connectivity index (χ2n) is 6.16. The molecule has 1 aliphatic heterocycles. The Labute approximate surface area is 134 Å². The lowest BCUT2D eigenvalue weighted by atomic mass is 10.2. The van der Waals surface area contributed by atoms with Crippen LogP contribution >= 0.6 is 0 Å². The summed E-state index contributed by atoms with van der Waals surface area (Å²) in [6.07, 6.45) is 4.93. The highest BCUT2D eigenvalue weighted by Gasteiger charge is 2.35. The van der Waals surface area contributed by atoms with E-state index in [1.54, 1.807) is 4.68 Å². The van der Waals surface area contributed by atoms with Crippen molar-refractivity contribution in [3.05, 3.63) is 42.0 Å². The number of hydrogen-bond donors (Lipinski definition) is 0. The number of halogens is 1. The van der Waals surface area contributed by atoms with E-state index in [-0.39, 0.29) is 10.9 Å². The van der Waals surface area contributed by atoms with Crippen molar-refractivity contribution < 1.29 is 12.8 Å². The van der Waals surface area contributed by atoms with Crippen molar-refractivity contribution in [2.45, 2.75) is 36.1 Å². The van der Waals surface area contributed by atoms with Gasteiger partial charge in [0.25, 0.3) is 0 Å². The molecule has 4 rings (SSSR count). The van der Waals surface area contributed by atoms with Crippen LogP contribution in [0.15, 0.2) is 35.4 Å². The standard InChI is InChI=1S/C15H17FN4O2S/c16-12-2-1-3-14(8-12)23(21,22)19-7-6-13(9-19)20-10-15(17-18-20)11-4-5-11/h1-3,8,10-11,13H,4-7,9H2. The van der Waals surface area contributed by atoms with Crippen molar-refractivity contribution in [1.29, 1.82) is 0 Å². The molecule has 0 N–H and O–H groups in total. The van der Waals surface area contributed by atoms with Crippen molar-refractivity contribution in [2.75, 3.05) is 13.1 Å². The Hall–Kier alpha value is -1.80. The van der Waals surface area contributed by atoms with Crippen LogP contribution < -0.4 is 0 Å². The minimum atomic E-state index is -3.67. The Morgan fingerprint density at radius 2 is 2.04 bits per heavy atom. The van der Waals surface area contributed by atoms with Crippen molar-refractivity contribution in [2.24, 2.45) is 0 Å². The monoisotopic (exact) mass is 336 g/mol. The van der Waals surface area contributed by atoms with Crippen LogP contribution in [0.2, 0.25) is 0 Å². The van der Waals surface area contributed by atoms with E-state index in [1.807, 2.05) is 6.20 Å². The molecule has 1 atom stereocenters. The molecular formula is C15H17FN4O2S. The van der Waals surface area contributed by atoms with E-state index in [1.165, 1.54) is 22.5 Å². The molecule has 0 amide bonds. The Bertz CT molecular complexity index is 832. The van der Waals surface area contributed by atoms with Crippen molar-refractivity contribution in [1.82, 2.24) is 19.3 Å². The molecule has 1 aliphatic carbocycles. The van der Waals surface area contributed by atoms with E-state index < -0.39 is 15.8 Å². The molecule has 1 saturated heterocycles. The predicted octanol–water partition coefficient (Wildman–Crippen LogP) is 1.93. The lowest BCUT2D eigenvalue weighted by molar-refractivity contribution is 0.428. The zero-order valence-electron chi connectivity index (χ0n) is 12.5. The SMILES string of the molecule is O=S(=O)(c1cccc(F)c1)N1CCC(n2cc(C3CC3)nn2)C1. The molecular weight excluding hydrogens is 319 g/mol. The summed E-state index contributed by atoms with van der Waals surface area (Å²) >= 11 is 0. The van der Waals surface area contributed by atoms with E-state index in [0.717, 1.165) is 24.6 Å². The first-order valence-corrected chi connectivity index (χ1v) is 9.15. The number of sulfonamides is 1. The van der Waals surface area contributed by atoms with Gasteiger partial charge in [0.05, 0.1) is 16.6 Å². The van der Waals surface area contributed by atoms with Crippen LogP contribution in [0.5, 0.6) is 0 Å². The van der Waals surface area contributed by atoms with Gasteiger partial charge in [-0.25, -0.2) is 17.5 Å². The van der Waals surface area contributed by atoms with E-state index in [0.29, 0.717) is 25.4 Å². The molecule has 6 nitrogen and oxygen atoms in total. The van der Waals surface area contributed by atoms with Gasteiger partial charge in [-0.1, -0.05) is 11.3 Å². The number of nitrogens with zero attached hydrogens (tertiary/aromatic N) is 4. The van der Waals surface area contributed by atoms with Gasteiger partial charge in [-0.05, 0) is 37.5 Å². The molecule has 0 spiro atoms. The fourth-order valence-corrected chi connectivity index (χ4v) is 4.48. The third-order valence-corrected chi connectivity index (χ3v) is 6.32. The van der Waals surface area contributed by atoms with Gasteiger partial charge in [0.15, 0.2) is 0 Å². The van der Waals surface area contributed by atoms with Crippen LogP contribution in [0.25, 0.3) is 0 Å². The smallest absolute Gasteiger partial charge is 0.243 e. The summed E-state index contributed by atoms with van der Waals surface area (Å²) in [6.45, 7) is 0.744. The largest absolute Gasteiger partial charge is 0.248 e. The highest BCUT2D eigenvalue weighted by molar-refractivity contribution is 7.89. The van der Waals surface area contributed by atoms with Crippen LogP contribution in [-0.2, 0) is 10.0 Å². The summed E-state index contributed by atoms with van der Waals surface area (Å²) in [5.41, 5.74) is 0.997. The van der Waals surface area contributed by atoms with Crippen molar-refractivity contribution >= 4 is 10.0 Å². The zero-order valence-corrected chi connectivity index (χ0v) is 13.3. The van der Waals surface area contributed by atoms with Crippen LogP contribution in [0.1, 0.15) is 36.9 Å². The molecule has 1 aromatic heterocycles. The first kappa shape index (κ1) is 14.8. The molecule has 23 heavy (non-hydrogen) atoms. The second kappa shape index (κ2) is 5.38.